The van der Waals surface area contributed by atoms with Gasteiger partial charge in [0.1, 0.15) is 0 Å². The monoisotopic (exact) mass is 398 g/mol. The van der Waals surface area contributed by atoms with Crippen LogP contribution in [0.1, 0.15) is 67.2 Å². The Labute approximate surface area is 166 Å². The Morgan fingerprint density at radius 1 is 1.00 bits per heavy atom. The van der Waals surface area contributed by atoms with Gasteiger partial charge in [0.15, 0.2) is 0 Å². The summed E-state index contributed by atoms with van der Waals surface area (Å²) in [5.41, 5.74) is -0.404. The number of aliphatic carboxylic acids is 2. The molecule has 8 nitrogen and oxygen atoms in total. The van der Waals surface area contributed by atoms with Gasteiger partial charge in [-0.1, -0.05) is 27.7 Å². The lowest BCUT2D eigenvalue weighted by molar-refractivity contribution is -0.139. The van der Waals surface area contributed by atoms with E-state index in [2.05, 4.69) is 10.3 Å². The SMILES string of the molecule is CCNC(=O)[C@H](CCC(=O)O)C(C)(C)C(C)=NC(=O)[C@H](CCC(=O)O)C(C)C. The molecule has 160 valence electrons. The van der Waals surface area contributed by atoms with E-state index in [1.807, 2.05) is 13.8 Å². The lowest BCUT2D eigenvalue weighted by Gasteiger charge is -2.33. The van der Waals surface area contributed by atoms with E-state index in [9.17, 15) is 19.2 Å². The fourth-order valence-electron chi connectivity index (χ4n) is 3.05. The molecule has 0 aliphatic heterocycles. The van der Waals surface area contributed by atoms with E-state index in [0.717, 1.165) is 0 Å². The first-order valence-corrected chi connectivity index (χ1v) is 9.65. The van der Waals surface area contributed by atoms with Crippen LogP contribution in [0.2, 0.25) is 0 Å². The third kappa shape index (κ3) is 8.19. The molecule has 0 aromatic carbocycles. The number of nitrogens with zero attached hydrogens (tertiary/aromatic N) is 1. The molecule has 0 saturated heterocycles. The van der Waals surface area contributed by atoms with E-state index in [-0.39, 0.29) is 37.5 Å². The van der Waals surface area contributed by atoms with Crippen LogP contribution in [-0.4, -0.2) is 46.2 Å². The van der Waals surface area contributed by atoms with Crippen molar-refractivity contribution >= 4 is 29.5 Å². The van der Waals surface area contributed by atoms with Crippen molar-refractivity contribution in [2.75, 3.05) is 6.54 Å². The van der Waals surface area contributed by atoms with Gasteiger partial charge >= 0.3 is 11.9 Å². The first-order chi connectivity index (χ1) is 12.8. The molecule has 0 aliphatic carbocycles. The summed E-state index contributed by atoms with van der Waals surface area (Å²) in [7, 11) is 0. The molecule has 0 unspecified atom stereocenters. The van der Waals surface area contributed by atoms with Gasteiger partial charge in [-0.15, -0.1) is 0 Å². The Kier molecular flexibility index (Phi) is 10.6. The van der Waals surface area contributed by atoms with Gasteiger partial charge in [-0.3, -0.25) is 19.2 Å². The van der Waals surface area contributed by atoms with Crippen molar-refractivity contribution in [2.24, 2.45) is 28.2 Å². The van der Waals surface area contributed by atoms with Crippen LogP contribution in [0.5, 0.6) is 0 Å². The second kappa shape index (κ2) is 11.6. The molecule has 0 aromatic rings. The van der Waals surface area contributed by atoms with Crippen LogP contribution in [0.25, 0.3) is 0 Å². The van der Waals surface area contributed by atoms with Crippen molar-refractivity contribution in [1.82, 2.24) is 5.32 Å². The van der Waals surface area contributed by atoms with Crippen molar-refractivity contribution < 1.29 is 29.4 Å². The minimum Gasteiger partial charge on any atom is -0.481 e. The van der Waals surface area contributed by atoms with Crippen LogP contribution in [0.15, 0.2) is 4.99 Å². The lowest BCUT2D eigenvalue weighted by Crippen LogP contribution is -2.43. The molecule has 2 amide bonds. The van der Waals surface area contributed by atoms with Crippen LogP contribution in [0.3, 0.4) is 0 Å². The molecular formula is C20H34N2O6. The molecule has 0 aromatic heterocycles. The maximum atomic E-state index is 12.7. The minimum atomic E-state index is -0.996. The van der Waals surface area contributed by atoms with Crippen LogP contribution < -0.4 is 5.32 Å². The average molecular weight is 399 g/mol. The zero-order chi connectivity index (χ0) is 22.1. The molecular weight excluding hydrogens is 364 g/mol. The second-order valence-corrected chi connectivity index (χ2v) is 7.92. The highest BCUT2D eigenvalue weighted by atomic mass is 16.4. The molecule has 0 fully saturated rings. The highest BCUT2D eigenvalue weighted by Crippen LogP contribution is 2.33. The maximum absolute atomic E-state index is 12.7. The van der Waals surface area contributed by atoms with Gasteiger partial charge in [-0.2, -0.15) is 0 Å². The van der Waals surface area contributed by atoms with Gasteiger partial charge in [0.05, 0.1) is 0 Å². The van der Waals surface area contributed by atoms with Gasteiger partial charge in [-0.25, -0.2) is 4.99 Å². The Bertz CT molecular complexity index is 610. The molecule has 0 radical (unpaired) electrons. The van der Waals surface area contributed by atoms with Crippen LogP contribution in [-0.2, 0) is 19.2 Å². The molecule has 0 rings (SSSR count). The zero-order valence-electron chi connectivity index (χ0n) is 17.7. The Morgan fingerprint density at radius 3 is 1.93 bits per heavy atom. The smallest absolute Gasteiger partial charge is 0.303 e. The van der Waals surface area contributed by atoms with Gasteiger partial charge in [0, 0.05) is 42.3 Å². The number of carboxylic acids is 2. The van der Waals surface area contributed by atoms with E-state index >= 15 is 0 Å². The molecule has 0 saturated carbocycles. The molecule has 0 heterocycles. The molecule has 2 atom stereocenters. The fraction of sp³-hybridized carbons (Fsp3) is 0.750. The zero-order valence-corrected chi connectivity index (χ0v) is 17.7. The fourth-order valence-corrected chi connectivity index (χ4v) is 3.05. The summed E-state index contributed by atoms with van der Waals surface area (Å²) in [6, 6.07) is 0. The first-order valence-electron chi connectivity index (χ1n) is 9.65. The molecule has 3 N–H and O–H groups in total. The predicted octanol–water partition coefficient (Wildman–Crippen LogP) is 2.75. The molecule has 0 aliphatic rings. The number of rotatable bonds is 12. The highest BCUT2D eigenvalue weighted by Gasteiger charge is 2.38. The third-order valence-corrected chi connectivity index (χ3v) is 5.19. The van der Waals surface area contributed by atoms with Crippen molar-refractivity contribution in [3.05, 3.63) is 0 Å². The molecule has 8 heteroatoms. The summed E-state index contributed by atoms with van der Waals surface area (Å²) in [6.07, 6.45) is 0.0377. The largest absolute Gasteiger partial charge is 0.481 e. The average Bonchev–Trinajstić information content (AvgIpc) is 2.54. The Hall–Kier alpha value is -2.25. The van der Waals surface area contributed by atoms with Gasteiger partial charge in [-0.05, 0) is 32.6 Å². The number of hydrogen-bond donors (Lipinski definition) is 3. The van der Waals surface area contributed by atoms with E-state index in [4.69, 9.17) is 10.2 Å². The van der Waals surface area contributed by atoms with Crippen molar-refractivity contribution in [3.8, 4) is 0 Å². The standard InChI is InChI=1S/C20H34N2O6/c1-7-21-19(28)15(9-11-17(25)26)20(5,6)13(4)22-18(27)14(12(2)3)8-10-16(23)24/h12,14-15H,7-11H2,1-6H3,(H,21,28)(H,23,24)(H,25,26)/t14-,15+/m1/s1. The topological polar surface area (TPSA) is 133 Å². The van der Waals surface area contributed by atoms with E-state index < -0.39 is 35.1 Å². The summed E-state index contributed by atoms with van der Waals surface area (Å²) >= 11 is 0. The van der Waals surface area contributed by atoms with E-state index in [1.54, 1.807) is 27.7 Å². The lowest BCUT2D eigenvalue weighted by atomic mass is 9.72. The van der Waals surface area contributed by atoms with Crippen molar-refractivity contribution in [1.29, 1.82) is 0 Å². The van der Waals surface area contributed by atoms with Gasteiger partial charge in [0.2, 0.25) is 11.8 Å². The number of aliphatic imine (C=N–C) groups is 1. The summed E-state index contributed by atoms with van der Waals surface area (Å²) < 4.78 is 0. The summed E-state index contributed by atoms with van der Waals surface area (Å²) in [5.74, 6) is -3.90. The summed E-state index contributed by atoms with van der Waals surface area (Å²) in [6.45, 7) is 11.1. The van der Waals surface area contributed by atoms with Crippen molar-refractivity contribution in [3.63, 3.8) is 0 Å². The number of carboxylic acid groups (broad SMARTS) is 2. The van der Waals surface area contributed by atoms with E-state index in [1.165, 1.54) is 0 Å². The number of carbonyl (C=O) groups is 4. The van der Waals surface area contributed by atoms with Crippen molar-refractivity contribution in [2.45, 2.75) is 67.2 Å². The molecule has 0 bridgehead atoms. The Balaban J connectivity index is 5.64. The number of hydrogen-bond acceptors (Lipinski definition) is 4. The normalized spacial score (nSPS) is 14.5. The quantitative estimate of drug-likeness (QED) is 0.433. The third-order valence-electron chi connectivity index (χ3n) is 5.19. The number of nitrogens with one attached hydrogen (secondary N) is 1. The first kappa shape index (κ1) is 25.8. The highest BCUT2D eigenvalue weighted by molar-refractivity contribution is 6.00. The van der Waals surface area contributed by atoms with Gasteiger partial charge < -0.3 is 15.5 Å². The van der Waals surface area contributed by atoms with Gasteiger partial charge in [0.25, 0.3) is 0 Å². The summed E-state index contributed by atoms with van der Waals surface area (Å²) in [4.78, 5) is 51.2. The Morgan fingerprint density at radius 2 is 1.50 bits per heavy atom. The second-order valence-electron chi connectivity index (χ2n) is 7.92. The molecule has 0 spiro atoms. The number of carbonyl (C=O) groups excluding carboxylic acids is 2. The molecule has 28 heavy (non-hydrogen) atoms. The van der Waals surface area contributed by atoms with Crippen LogP contribution >= 0.6 is 0 Å². The number of amides is 2. The predicted molar refractivity (Wildman–Crippen MR) is 106 cm³/mol. The summed E-state index contributed by atoms with van der Waals surface area (Å²) in [5, 5.41) is 20.6. The van der Waals surface area contributed by atoms with E-state index in [0.29, 0.717) is 12.3 Å². The van der Waals surface area contributed by atoms with Crippen LogP contribution in [0.4, 0.5) is 0 Å². The van der Waals surface area contributed by atoms with Crippen LogP contribution in [0, 0.1) is 23.2 Å². The minimum absolute atomic E-state index is 0.0716. The maximum Gasteiger partial charge on any atom is 0.303 e.